The van der Waals surface area contributed by atoms with E-state index in [0.29, 0.717) is 17.9 Å². The van der Waals surface area contributed by atoms with Crippen molar-refractivity contribution in [3.63, 3.8) is 0 Å². The highest BCUT2D eigenvalue weighted by Crippen LogP contribution is 2.29. The third-order valence-electron chi connectivity index (χ3n) is 3.06. The first-order valence-electron chi connectivity index (χ1n) is 6.22. The molecule has 1 saturated heterocycles. The van der Waals surface area contributed by atoms with Gasteiger partial charge in [0.1, 0.15) is 5.75 Å². The van der Waals surface area contributed by atoms with Gasteiger partial charge in [-0.15, -0.1) is 11.8 Å². The molecular weight excluding hydrogens is 316 g/mol. The van der Waals surface area contributed by atoms with Crippen LogP contribution in [-0.2, 0) is 14.8 Å². The van der Waals surface area contributed by atoms with E-state index in [1.54, 1.807) is 12.1 Å². The second-order valence-electron chi connectivity index (χ2n) is 4.34. The van der Waals surface area contributed by atoms with Gasteiger partial charge >= 0.3 is 0 Å². The van der Waals surface area contributed by atoms with Crippen LogP contribution in [0.5, 0.6) is 5.75 Å². The summed E-state index contributed by atoms with van der Waals surface area (Å²) in [4.78, 5) is 11.7. The molecule has 116 valence electrons. The molecule has 1 aromatic rings. The summed E-state index contributed by atoms with van der Waals surface area (Å²) in [5.74, 6) is 0.468. The molecule has 1 heterocycles. The van der Waals surface area contributed by atoms with Crippen LogP contribution in [0, 0.1) is 0 Å². The van der Waals surface area contributed by atoms with E-state index >= 15 is 0 Å². The molecule has 0 aliphatic carbocycles. The minimum Gasteiger partial charge on any atom is -0.497 e. The number of hydrogen-bond donors (Lipinski definition) is 2. The largest absolute Gasteiger partial charge is 0.497 e. The SMILES string of the molecule is COc1ccc(S(=O)(=O)N2CCCSC2C(=O)NO)cc1. The van der Waals surface area contributed by atoms with E-state index < -0.39 is 21.3 Å². The van der Waals surface area contributed by atoms with Gasteiger partial charge in [0.2, 0.25) is 10.0 Å². The molecule has 0 saturated carbocycles. The molecule has 1 atom stereocenters. The maximum absolute atomic E-state index is 12.6. The van der Waals surface area contributed by atoms with Crippen molar-refractivity contribution in [1.29, 1.82) is 0 Å². The van der Waals surface area contributed by atoms with Gasteiger partial charge in [-0.1, -0.05) is 0 Å². The van der Waals surface area contributed by atoms with Gasteiger partial charge < -0.3 is 4.74 Å². The van der Waals surface area contributed by atoms with Crippen molar-refractivity contribution >= 4 is 27.7 Å². The standard InChI is InChI=1S/C12H16N2O5S2/c1-19-9-3-5-10(6-4-9)21(17,18)14-7-2-8-20-12(14)11(15)13-16/h3-6,12,16H,2,7-8H2,1H3,(H,13,15). The highest BCUT2D eigenvalue weighted by molar-refractivity contribution is 8.01. The number of sulfonamides is 1. The first kappa shape index (κ1) is 16.1. The molecule has 9 heteroatoms. The Morgan fingerprint density at radius 1 is 1.43 bits per heavy atom. The van der Waals surface area contributed by atoms with Gasteiger partial charge in [-0.3, -0.25) is 10.0 Å². The Labute approximate surface area is 127 Å². The number of hydrogen-bond acceptors (Lipinski definition) is 6. The van der Waals surface area contributed by atoms with Gasteiger partial charge in [0.05, 0.1) is 12.0 Å². The number of thioether (sulfide) groups is 1. The molecule has 21 heavy (non-hydrogen) atoms. The predicted octanol–water partition coefficient (Wildman–Crippen LogP) is 0.654. The van der Waals surface area contributed by atoms with Crippen molar-refractivity contribution in [2.24, 2.45) is 0 Å². The maximum atomic E-state index is 12.6. The van der Waals surface area contributed by atoms with Crippen molar-refractivity contribution in [3.8, 4) is 5.75 Å². The summed E-state index contributed by atoms with van der Waals surface area (Å²) < 4.78 is 31.4. The van der Waals surface area contributed by atoms with E-state index in [-0.39, 0.29) is 11.4 Å². The van der Waals surface area contributed by atoms with Crippen LogP contribution < -0.4 is 10.2 Å². The first-order chi connectivity index (χ1) is 10.0. The molecule has 7 nitrogen and oxygen atoms in total. The second kappa shape index (κ2) is 6.65. The van der Waals surface area contributed by atoms with Crippen LogP contribution in [0.1, 0.15) is 6.42 Å². The molecule has 0 radical (unpaired) electrons. The predicted molar refractivity (Wildman–Crippen MR) is 77.7 cm³/mol. The molecule has 0 spiro atoms. The van der Waals surface area contributed by atoms with E-state index in [1.165, 1.54) is 36.5 Å². The molecule has 1 amide bonds. The molecule has 1 fully saturated rings. The number of ether oxygens (including phenoxy) is 1. The molecule has 2 rings (SSSR count). The molecule has 1 aliphatic rings. The van der Waals surface area contributed by atoms with Crippen LogP contribution >= 0.6 is 11.8 Å². The van der Waals surface area contributed by atoms with E-state index in [0.717, 1.165) is 4.31 Å². The minimum absolute atomic E-state index is 0.0848. The van der Waals surface area contributed by atoms with Crippen LogP contribution in [0.3, 0.4) is 0 Å². The van der Waals surface area contributed by atoms with Gasteiger partial charge in [0.15, 0.2) is 5.37 Å². The van der Waals surface area contributed by atoms with Crippen molar-refractivity contribution in [1.82, 2.24) is 9.79 Å². The molecule has 0 aromatic heterocycles. The normalized spacial score (nSPS) is 20.0. The lowest BCUT2D eigenvalue weighted by molar-refractivity contribution is -0.130. The molecule has 1 unspecified atom stereocenters. The number of nitrogens with one attached hydrogen (secondary N) is 1. The number of amides is 1. The first-order valence-corrected chi connectivity index (χ1v) is 8.71. The van der Waals surface area contributed by atoms with Gasteiger partial charge in [0.25, 0.3) is 5.91 Å². The smallest absolute Gasteiger partial charge is 0.272 e. The zero-order valence-corrected chi connectivity index (χ0v) is 13.0. The average Bonchev–Trinajstić information content (AvgIpc) is 2.54. The fourth-order valence-electron chi connectivity index (χ4n) is 2.01. The van der Waals surface area contributed by atoms with Crippen LogP contribution in [0.25, 0.3) is 0 Å². The third kappa shape index (κ3) is 3.31. The van der Waals surface area contributed by atoms with Crippen molar-refractivity contribution in [2.75, 3.05) is 19.4 Å². The Hall–Kier alpha value is -1.29. The van der Waals surface area contributed by atoms with Crippen LogP contribution in [0.15, 0.2) is 29.2 Å². The summed E-state index contributed by atoms with van der Waals surface area (Å²) >= 11 is 1.18. The van der Waals surface area contributed by atoms with Gasteiger partial charge in [0, 0.05) is 6.54 Å². The highest BCUT2D eigenvalue weighted by Gasteiger charge is 2.38. The summed E-state index contributed by atoms with van der Waals surface area (Å²) in [7, 11) is -2.31. The monoisotopic (exact) mass is 332 g/mol. The summed E-state index contributed by atoms with van der Waals surface area (Å²) in [6, 6.07) is 5.96. The van der Waals surface area contributed by atoms with Crippen LogP contribution in [0.2, 0.25) is 0 Å². The lowest BCUT2D eigenvalue weighted by atomic mass is 10.3. The van der Waals surface area contributed by atoms with Crippen LogP contribution in [0.4, 0.5) is 0 Å². The summed E-state index contributed by atoms with van der Waals surface area (Å²) in [6.07, 6.45) is 0.648. The lowest BCUT2D eigenvalue weighted by Crippen LogP contribution is -2.49. The molecule has 2 N–H and O–H groups in total. The summed E-state index contributed by atoms with van der Waals surface area (Å²) in [5.41, 5.74) is 1.52. The summed E-state index contributed by atoms with van der Waals surface area (Å²) in [6.45, 7) is 0.236. The van der Waals surface area contributed by atoms with Gasteiger partial charge in [-0.2, -0.15) is 4.31 Å². The molecule has 1 aromatic carbocycles. The summed E-state index contributed by atoms with van der Waals surface area (Å²) in [5, 5.41) is 7.80. The van der Waals surface area contributed by atoms with E-state index in [4.69, 9.17) is 9.94 Å². The number of rotatable bonds is 4. The number of methoxy groups -OCH3 is 1. The van der Waals surface area contributed by atoms with Crippen molar-refractivity contribution in [3.05, 3.63) is 24.3 Å². The minimum atomic E-state index is -3.81. The quantitative estimate of drug-likeness (QED) is 0.621. The number of carbonyl (C=O) groups is 1. The molecule has 0 bridgehead atoms. The number of carbonyl (C=O) groups excluding carboxylic acids is 1. The topological polar surface area (TPSA) is 95.9 Å². The third-order valence-corrected chi connectivity index (χ3v) is 6.38. The average molecular weight is 332 g/mol. The van der Waals surface area contributed by atoms with Crippen molar-refractivity contribution in [2.45, 2.75) is 16.7 Å². The lowest BCUT2D eigenvalue weighted by Gasteiger charge is -2.32. The Morgan fingerprint density at radius 2 is 2.10 bits per heavy atom. The Bertz CT molecular complexity index is 603. The fraction of sp³-hybridized carbons (Fsp3) is 0.417. The van der Waals surface area contributed by atoms with E-state index in [1.807, 2.05) is 0 Å². The van der Waals surface area contributed by atoms with E-state index in [2.05, 4.69) is 0 Å². The Balaban J connectivity index is 2.33. The number of benzene rings is 1. The number of hydroxylamine groups is 1. The van der Waals surface area contributed by atoms with Crippen LogP contribution in [-0.4, -0.2) is 48.6 Å². The second-order valence-corrected chi connectivity index (χ2v) is 7.42. The zero-order valence-electron chi connectivity index (χ0n) is 11.4. The number of nitrogens with zero attached hydrogens (tertiary/aromatic N) is 1. The molecular formula is C12H16N2O5S2. The maximum Gasteiger partial charge on any atom is 0.272 e. The van der Waals surface area contributed by atoms with Gasteiger partial charge in [-0.25, -0.2) is 13.9 Å². The Morgan fingerprint density at radius 3 is 2.67 bits per heavy atom. The van der Waals surface area contributed by atoms with E-state index in [9.17, 15) is 13.2 Å². The molecule has 1 aliphatic heterocycles. The van der Waals surface area contributed by atoms with Crippen molar-refractivity contribution < 1.29 is 23.2 Å². The fourth-order valence-corrected chi connectivity index (χ4v) is 4.99. The Kier molecular flexibility index (Phi) is 5.09. The zero-order chi connectivity index (χ0) is 15.5. The van der Waals surface area contributed by atoms with Gasteiger partial charge in [-0.05, 0) is 36.4 Å². The highest BCUT2D eigenvalue weighted by atomic mass is 32.2.